The Labute approximate surface area is 109 Å². The van der Waals surface area contributed by atoms with Gasteiger partial charge in [0.05, 0.1) is 13.2 Å². The second kappa shape index (κ2) is 5.15. The molecule has 3 saturated heterocycles. The van der Waals surface area contributed by atoms with Gasteiger partial charge in [-0.05, 0) is 0 Å². The van der Waals surface area contributed by atoms with Gasteiger partial charge in [-0.25, -0.2) is 0 Å². The van der Waals surface area contributed by atoms with Crippen molar-refractivity contribution in [2.75, 3.05) is 59.0 Å². The van der Waals surface area contributed by atoms with Gasteiger partial charge in [0.1, 0.15) is 0 Å². The number of hydrogen-bond donors (Lipinski definition) is 0. The maximum absolute atomic E-state index is 11.1. The van der Waals surface area contributed by atoms with Crippen molar-refractivity contribution in [1.82, 2.24) is 14.7 Å². The molecular formula is C13H23N3O2. The highest BCUT2D eigenvalue weighted by Crippen LogP contribution is 2.20. The molecular weight excluding hydrogens is 230 g/mol. The van der Waals surface area contributed by atoms with E-state index >= 15 is 0 Å². The number of fused-ring (bicyclic) bond motifs is 1. The summed E-state index contributed by atoms with van der Waals surface area (Å²) in [6, 6.07) is 0.594. The lowest BCUT2D eigenvalue weighted by atomic mass is 9.98. The van der Waals surface area contributed by atoms with Crippen molar-refractivity contribution in [3.8, 4) is 0 Å². The fourth-order valence-corrected chi connectivity index (χ4v) is 3.28. The van der Waals surface area contributed by atoms with Crippen molar-refractivity contribution in [3.63, 3.8) is 0 Å². The third-order valence-electron chi connectivity index (χ3n) is 4.44. The minimum Gasteiger partial charge on any atom is -0.378 e. The third kappa shape index (κ3) is 2.53. The van der Waals surface area contributed by atoms with Crippen LogP contribution in [0.5, 0.6) is 0 Å². The number of rotatable bonds is 2. The summed E-state index contributed by atoms with van der Waals surface area (Å²) in [5.41, 5.74) is 0. The van der Waals surface area contributed by atoms with Gasteiger partial charge < -0.3 is 14.5 Å². The molecule has 3 aliphatic heterocycles. The van der Waals surface area contributed by atoms with Crippen LogP contribution >= 0.6 is 0 Å². The number of likely N-dealkylation sites (tertiary alicyclic amines) is 1. The highest BCUT2D eigenvalue weighted by molar-refractivity contribution is 5.74. The van der Waals surface area contributed by atoms with Gasteiger partial charge in [-0.2, -0.15) is 0 Å². The number of nitrogens with zero attached hydrogens (tertiary/aromatic N) is 3. The van der Waals surface area contributed by atoms with Gasteiger partial charge >= 0.3 is 0 Å². The van der Waals surface area contributed by atoms with Crippen molar-refractivity contribution in [2.24, 2.45) is 5.92 Å². The number of hydrogen-bond acceptors (Lipinski definition) is 4. The molecule has 1 atom stereocenters. The first-order chi connectivity index (χ1) is 8.72. The molecule has 0 aromatic rings. The van der Waals surface area contributed by atoms with E-state index in [2.05, 4.69) is 9.80 Å². The van der Waals surface area contributed by atoms with Crippen molar-refractivity contribution in [3.05, 3.63) is 0 Å². The van der Waals surface area contributed by atoms with Crippen LogP contribution in [0.4, 0.5) is 0 Å². The van der Waals surface area contributed by atoms with E-state index in [1.54, 1.807) is 6.92 Å². The lowest BCUT2D eigenvalue weighted by Crippen LogP contribution is -2.60. The summed E-state index contributed by atoms with van der Waals surface area (Å²) in [4.78, 5) is 18.2. The molecule has 0 unspecified atom stereocenters. The number of piperazine rings is 1. The Hall–Kier alpha value is -0.650. The van der Waals surface area contributed by atoms with Gasteiger partial charge in [0.25, 0.3) is 0 Å². The van der Waals surface area contributed by atoms with Crippen molar-refractivity contribution < 1.29 is 9.53 Å². The molecule has 5 nitrogen and oxygen atoms in total. The predicted octanol–water partition coefficient (Wildman–Crippen LogP) is -0.519. The zero-order chi connectivity index (χ0) is 12.5. The van der Waals surface area contributed by atoms with E-state index in [-0.39, 0.29) is 5.91 Å². The zero-order valence-corrected chi connectivity index (χ0v) is 11.2. The van der Waals surface area contributed by atoms with Gasteiger partial charge in [-0.3, -0.25) is 9.69 Å². The van der Waals surface area contributed by atoms with Gasteiger partial charge in [0.2, 0.25) is 5.91 Å². The molecule has 0 radical (unpaired) electrons. The Kier molecular flexibility index (Phi) is 3.54. The second-order valence-corrected chi connectivity index (χ2v) is 5.81. The van der Waals surface area contributed by atoms with Crippen LogP contribution in [0.25, 0.3) is 0 Å². The lowest BCUT2D eigenvalue weighted by molar-refractivity contribution is -0.135. The number of carbonyl (C=O) groups excluding carboxylic acids is 1. The number of carbonyl (C=O) groups is 1. The van der Waals surface area contributed by atoms with Gasteiger partial charge in [0.15, 0.2) is 0 Å². The molecule has 0 saturated carbocycles. The molecule has 0 aromatic heterocycles. The summed E-state index contributed by atoms with van der Waals surface area (Å²) in [5, 5.41) is 0. The highest BCUT2D eigenvalue weighted by atomic mass is 16.5. The molecule has 1 amide bonds. The van der Waals surface area contributed by atoms with Crippen LogP contribution in [0, 0.1) is 5.92 Å². The summed E-state index contributed by atoms with van der Waals surface area (Å²) in [6.07, 6.45) is 0. The zero-order valence-electron chi connectivity index (χ0n) is 11.2. The SMILES string of the molecule is CC(=O)N1CC(CN2CCN3CCOC[C@@H]3C2)C1. The molecule has 0 bridgehead atoms. The van der Waals surface area contributed by atoms with Gasteiger partial charge in [-0.15, -0.1) is 0 Å². The van der Waals surface area contributed by atoms with Crippen LogP contribution in [0.1, 0.15) is 6.92 Å². The van der Waals surface area contributed by atoms with E-state index in [0.29, 0.717) is 12.0 Å². The van der Waals surface area contributed by atoms with Crippen molar-refractivity contribution in [2.45, 2.75) is 13.0 Å². The molecule has 3 rings (SSSR count). The smallest absolute Gasteiger partial charge is 0.219 e. The maximum Gasteiger partial charge on any atom is 0.219 e. The molecule has 102 valence electrons. The summed E-state index contributed by atoms with van der Waals surface area (Å²) >= 11 is 0. The molecule has 0 aromatic carbocycles. The lowest BCUT2D eigenvalue weighted by Gasteiger charge is -2.47. The Morgan fingerprint density at radius 2 is 2.06 bits per heavy atom. The van der Waals surface area contributed by atoms with E-state index in [9.17, 15) is 4.79 Å². The molecule has 3 aliphatic rings. The largest absolute Gasteiger partial charge is 0.378 e. The van der Waals surface area contributed by atoms with Crippen LogP contribution in [0.15, 0.2) is 0 Å². The van der Waals surface area contributed by atoms with Crippen LogP contribution in [-0.4, -0.2) is 85.7 Å². The second-order valence-electron chi connectivity index (χ2n) is 5.81. The first-order valence-electron chi connectivity index (χ1n) is 7.02. The molecule has 0 spiro atoms. The monoisotopic (exact) mass is 253 g/mol. The topological polar surface area (TPSA) is 36.0 Å². The van der Waals surface area contributed by atoms with E-state index < -0.39 is 0 Å². The summed E-state index contributed by atoms with van der Waals surface area (Å²) < 4.78 is 5.56. The maximum atomic E-state index is 11.1. The van der Waals surface area contributed by atoms with Crippen molar-refractivity contribution in [1.29, 1.82) is 0 Å². The predicted molar refractivity (Wildman–Crippen MR) is 68.4 cm³/mol. The highest BCUT2D eigenvalue weighted by Gasteiger charge is 2.34. The Bertz CT molecular complexity index is 317. The minimum absolute atomic E-state index is 0.219. The fourth-order valence-electron chi connectivity index (χ4n) is 3.28. The molecule has 3 fully saturated rings. The van der Waals surface area contributed by atoms with E-state index in [4.69, 9.17) is 4.74 Å². The Morgan fingerprint density at radius 3 is 2.83 bits per heavy atom. The number of ether oxygens (including phenoxy) is 1. The van der Waals surface area contributed by atoms with E-state index in [0.717, 1.165) is 45.9 Å². The average Bonchev–Trinajstić information content (AvgIpc) is 2.32. The first-order valence-corrected chi connectivity index (χ1v) is 7.02. The van der Waals surface area contributed by atoms with Crippen molar-refractivity contribution >= 4 is 5.91 Å². The quantitative estimate of drug-likeness (QED) is 0.663. The Balaban J connectivity index is 1.43. The minimum atomic E-state index is 0.219. The van der Waals surface area contributed by atoms with E-state index in [1.165, 1.54) is 13.1 Å². The van der Waals surface area contributed by atoms with Crippen LogP contribution in [0.2, 0.25) is 0 Å². The number of amides is 1. The number of morpholine rings is 1. The standard InChI is InChI=1S/C13H23N3O2/c1-11(17)16-7-12(8-16)6-14-2-3-15-4-5-18-10-13(15)9-14/h12-13H,2-10H2,1H3/t13-/m0/s1. The fraction of sp³-hybridized carbons (Fsp3) is 0.923. The van der Waals surface area contributed by atoms with Crippen LogP contribution in [0.3, 0.4) is 0 Å². The van der Waals surface area contributed by atoms with Crippen LogP contribution < -0.4 is 0 Å². The molecule has 0 N–H and O–H groups in total. The summed E-state index contributed by atoms with van der Waals surface area (Å²) in [7, 11) is 0. The molecule has 0 aliphatic carbocycles. The Morgan fingerprint density at radius 1 is 1.22 bits per heavy atom. The summed E-state index contributed by atoms with van der Waals surface area (Å²) in [6.45, 7) is 11.1. The van der Waals surface area contributed by atoms with Gasteiger partial charge in [-0.1, -0.05) is 0 Å². The molecule has 3 heterocycles. The first kappa shape index (κ1) is 12.4. The van der Waals surface area contributed by atoms with Gasteiger partial charge in [0, 0.05) is 64.7 Å². The van der Waals surface area contributed by atoms with E-state index in [1.807, 2.05) is 4.90 Å². The molecule has 18 heavy (non-hydrogen) atoms. The third-order valence-corrected chi connectivity index (χ3v) is 4.44. The molecule has 5 heteroatoms. The average molecular weight is 253 g/mol. The normalized spacial score (nSPS) is 30.9. The van der Waals surface area contributed by atoms with Crippen LogP contribution in [-0.2, 0) is 9.53 Å². The summed E-state index contributed by atoms with van der Waals surface area (Å²) in [5.74, 6) is 0.904.